The average molecular weight is 422 g/mol. The lowest BCUT2D eigenvalue weighted by Gasteiger charge is -2.36. The molecule has 4 heteroatoms. The van der Waals surface area contributed by atoms with E-state index in [2.05, 4.69) is 41.7 Å². The molecule has 1 amide bonds. The van der Waals surface area contributed by atoms with Crippen LogP contribution in [0.5, 0.6) is 5.75 Å². The van der Waals surface area contributed by atoms with E-state index in [1.807, 2.05) is 12.1 Å². The number of hydrogen-bond acceptors (Lipinski definition) is 3. The second-order valence-electron chi connectivity index (χ2n) is 9.20. The minimum atomic E-state index is -0.374. The molecule has 31 heavy (non-hydrogen) atoms. The van der Waals surface area contributed by atoms with E-state index in [9.17, 15) is 4.79 Å². The first-order chi connectivity index (χ1) is 15.2. The van der Waals surface area contributed by atoms with Crippen molar-refractivity contribution in [2.45, 2.75) is 51.4 Å². The number of ether oxygens (including phenoxy) is 2. The molecule has 0 aromatic heterocycles. The summed E-state index contributed by atoms with van der Waals surface area (Å²) in [6.45, 7) is 2.12. The van der Waals surface area contributed by atoms with Crippen LogP contribution in [0.25, 0.3) is 11.1 Å². The van der Waals surface area contributed by atoms with Gasteiger partial charge in [-0.1, -0.05) is 62.1 Å². The minimum absolute atomic E-state index is 0.209. The van der Waals surface area contributed by atoms with Crippen molar-refractivity contribution >= 4 is 5.91 Å². The van der Waals surface area contributed by atoms with E-state index in [4.69, 9.17) is 9.47 Å². The Morgan fingerprint density at radius 3 is 2.52 bits per heavy atom. The summed E-state index contributed by atoms with van der Waals surface area (Å²) < 4.78 is 11.0. The molecule has 2 aromatic carbocycles. The largest absolute Gasteiger partial charge is 0.497 e. The molecule has 0 spiro atoms. The summed E-state index contributed by atoms with van der Waals surface area (Å²) in [6, 6.07) is 16.7. The minimum Gasteiger partial charge on any atom is -0.497 e. The van der Waals surface area contributed by atoms with E-state index in [1.54, 1.807) is 7.11 Å². The normalized spacial score (nSPS) is 18.6. The topological polar surface area (TPSA) is 47.6 Å². The molecular weight excluding hydrogens is 386 g/mol. The zero-order chi connectivity index (χ0) is 21.5. The van der Waals surface area contributed by atoms with Gasteiger partial charge in [-0.3, -0.25) is 4.79 Å². The third kappa shape index (κ3) is 5.48. The highest BCUT2D eigenvalue weighted by Crippen LogP contribution is 2.36. The predicted octanol–water partition coefficient (Wildman–Crippen LogP) is 5.40. The van der Waals surface area contributed by atoms with E-state index < -0.39 is 0 Å². The van der Waals surface area contributed by atoms with Crippen LogP contribution in [0, 0.1) is 11.3 Å². The van der Waals surface area contributed by atoms with Crippen LogP contribution in [0.15, 0.2) is 48.5 Å². The van der Waals surface area contributed by atoms with Crippen LogP contribution in [0.2, 0.25) is 0 Å². The Hall–Kier alpha value is -2.33. The van der Waals surface area contributed by atoms with Gasteiger partial charge in [0.2, 0.25) is 5.91 Å². The molecule has 1 saturated heterocycles. The molecule has 1 saturated carbocycles. The van der Waals surface area contributed by atoms with Crippen LogP contribution >= 0.6 is 0 Å². The Balaban J connectivity index is 1.47. The van der Waals surface area contributed by atoms with Crippen LogP contribution in [0.4, 0.5) is 0 Å². The van der Waals surface area contributed by atoms with Gasteiger partial charge in [0, 0.05) is 19.8 Å². The standard InChI is InChI=1S/C27H35NO3/c1-30-25-11-5-10-24(19-25)23-9-4-8-22(18-23)20-27(13-16-31-17-14-27)26(29)28-15-12-21-6-2-3-7-21/h4-5,8-11,18-19,21H,2-3,6-7,12-17,20H2,1H3,(H,28,29). The maximum absolute atomic E-state index is 13.4. The fourth-order valence-electron chi connectivity index (χ4n) is 5.18. The molecule has 2 aromatic rings. The average Bonchev–Trinajstić information content (AvgIpc) is 3.33. The van der Waals surface area contributed by atoms with E-state index in [1.165, 1.54) is 31.2 Å². The van der Waals surface area contributed by atoms with Crippen molar-refractivity contribution in [2.75, 3.05) is 26.9 Å². The zero-order valence-electron chi connectivity index (χ0n) is 18.7. The van der Waals surface area contributed by atoms with Gasteiger partial charge < -0.3 is 14.8 Å². The molecule has 1 aliphatic heterocycles. The van der Waals surface area contributed by atoms with Crippen LogP contribution in [0.3, 0.4) is 0 Å². The number of carbonyl (C=O) groups is 1. The highest BCUT2D eigenvalue weighted by molar-refractivity contribution is 5.83. The van der Waals surface area contributed by atoms with Crippen molar-refractivity contribution in [3.8, 4) is 16.9 Å². The molecule has 0 bridgehead atoms. The van der Waals surface area contributed by atoms with Gasteiger partial charge in [-0.05, 0) is 60.4 Å². The Bertz CT molecular complexity index is 866. The summed E-state index contributed by atoms with van der Waals surface area (Å²) in [5, 5.41) is 3.29. The summed E-state index contributed by atoms with van der Waals surface area (Å²) in [4.78, 5) is 13.4. The summed E-state index contributed by atoms with van der Waals surface area (Å²) in [7, 11) is 1.69. The van der Waals surface area contributed by atoms with Gasteiger partial charge in [-0.15, -0.1) is 0 Å². The van der Waals surface area contributed by atoms with Crippen molar-refractivity contribution in [3.63, 3.8) is 0 Å². The number of amides is 1. The Morgan fingerprint density at radius 1 is 1.06 bits per heavy atom. The summed E-state index contributed by atoms with van der Waals surface area (Å²) in [5.41, 5.74) is 3.11. The van der Waals surface area contributed by atoms with Crippen molar-refractivity contribution in [1.29, 1.82) is 0 Å². The molecule has 0 radical (unpaired) electrons. The van der Waals surface area contributed by atoms with Crippen molar-refractivity contribution in [3.05, 3.63) is 54.1 Å². The SMILES string of the molecule is COc1cccc(-c2cccc(CC3(C(=O)NCCC4CCCC4)CCOCC3)c2)c1. The number of benzene rings is 2. The second kappa shape index (κ2) is 10.3. The van der Waals surface area contributed by atoms with Crippen molar-refractivity contribution in [2.24, 2.45) is 11.3 Å². The molecule has 1 N–H and O–H groups in total. The quantitative estimate of drug-likeness (QED) is 0.621. The number of rotatable bonds is 8. The summed E-state index contributed by atoms with van der Waals surface area (Å²) in [6.07, 6.45) is 8.79. The third-order valence-electron chi connectivity index (χ3n) is 7.12. The van der Waals surface area contributed by atoms with Crippen LogP contribution < -0.4 is 10.1 Å². The maximum atomic E-state index is 13.4. The first-order valence-electron chi connectivity index (χ1n) is 11.8. The third-order valence-corrected chi connectivity index (χ3v) is 7.12. The molecule has 0 unspecified atom stereocenters. The van der Waals surface area contributed by atoms with Gasteiger partial charge in [0.25, 0.3) is 0 Å². The fourth-order valence-corrected chi connectivity index (χ4v) is 5.18. The molecule has 4 rings (SSSR count). The molecule has 2 fully saturated rings. The van der Waals surface area contributed by atoms with Crippen LogP contribution in [-0.2, 0) is 16.0 Å². The first kappa shape index (κ1) is 21.9. The van der Waals surface area contributed by atoms with Crippen molar-refractivity contribution in [1.82, 2.24) is 5.32 Å². The lowest BCUT2D eigenvalue weighted by Crippen LogP contribution is -2.46. The summed E-state index contributed by atoms with van der Waals surface area (Å²) >= 11 is 0. The molecule has 2 aliphatic rings. The first-order valence-corrected chi connectivity index (χ1v) is 11.8. The number of nitrogens with one attached hydrogen (secondary N) is 1. The Morgan fingerprint density at radius 2 is 1.77 bits per heavy atom. The lowest BCUT2D eigenvalue weighted by molar-refractivity contribution is -0.136. The van der Waals surface area contributed by atoms with Crippen molar-refractivity contribution < 1.29 is 14.3 Å². The molecule has 166 valence electrons. The van der Waals surface area contributed by atoms with Gasteiger partial charge in [-0.25, -0.2) is 0 Å². The molecule has 4 nitrogen and oxygen atoms in total. The number of methoxy groups -OCH3 is 1. The van der Waals surface area contributed by atoms with Gasteiger partial charge in [0.1, 0.15) is 5.75 Å². The predicted molar refractivity (Wildman–Crippen MR) is 124 cm³/mol. The van der Waals surface area contributed by atoms with E-state index in [0.717, 1.165) is 55.0 Å². The highest BCUT2D eigenvalue weighted by Gasteiger charge is 2.40. The highest BCUT2D eigenvalue weighted by atomic mass is 16.5. The molecule has 1 heterocycles. The Kier molecular flexibility index (Phi) is 7.29. The van der Waals surface area contributed by atoms with Gasteiger partial charge >= 0.3 is 0 Å². The van der Waals surface area contributed by atoms with Gasteiger partial charge in [-0.2, -0.15) is 0 Å². The van der Waals surface area contributed by atoms with E-state index >= 15 is 0 Å². The fraction of sp³-hybridized carbons (Fsp3) is 0.519. The maximum Gasteiger partial charge on any atom is 0.226 e. The van der Waals surface area contributed by atoms with E-state index in [-0.39, 0.29) is 11.3 Å². The van der Waals surface area contributed by atoms with Crippen LogP contribution in [-0.4, -0.2) is 32.8 Å². The number of hydrogen-bond donors (Lipinski definition) is 1. The van der Waals surface area contributed by atoms with Gasteiger partial charge in [0.05, 0.1) is 12.5 Å². The van der Waals surface area contributed by atoms with Crippen LogP contribution in [0.1, 0.15) is 50.5 Å². The zero-order valence-corrected chi connectivity index (χ0v) is 18.7. The monoisotopic (exact) mass is 421 g/mol. The second-order valence-corrected chi connectivity index (χ2v) is 9.20. The lowest BCUT2D eigenvalue weighted by atomic mass is 9.74. The summed E-state index contributed by atoms with van der Waals surface area (Å²) in [5.74, 6) is 1.86. The smallest absolute Gasteiger partial charge is 0.226 e. The molecular formula is C27H35NO3. The molecule has 0 atom stereocenters. The number of carbonyl (C=O) groups excluding carboxylic acids is 1. The van der Waals surface area contributed by atoms with E-state index in [0.29, 0.717) is 13.2 Å². The molecule has 1 aliphatic carbocycles. The van der Waals surface area contributed by atoms with Gasteiger partial charge in [0.15, 0.2) is 0 Å². The Labute approximate surface area is 186 Å².